The van der Waals surface area contributed by atoms with Crippen molar-refractivity contribution < 1.29 is 19.7 Å². The first-order chi connectivity index (χ1) is 11.9. The molecule has 0 saturated carbocycles. The van der Waals surface area contributed by atoms with Crippen molar-refractivity contribution in [2.24, 2.45) is 0 Å². The Bertz CT molecular complexity index is 851. The van der Waals surface area contributed by atoms with Gasteiger partial charge >= 0.3 is 0 Å². The lowest BCUT2D eigenvalue weighted by Gasteiger charge is -2.30. The number of carbonyl (C=O) groups excluding carboxylic acids is 1. The summed E-state index contributed by atoms with van der Waals surface area (Å²) in [6, 6.07) is 5.08. The summed E-state index contributed by atoms with van der Waals surface area (Å²) in [6.07, 6.45) is 2.33. The monoisotopic (exact) mass is 344 g/mol. The number of aromatic amines is 1. The molecule has 1 aromatic heterocycles. The van der Waals surface area contributed by atoms with Crippen molar-refractivity contribution in [1.29, 1.82) is 0 Å². The minimum absolute atomic E-state index is 0.0341. The van der Waals surface area contributed by atoms with Gasteiger partial charge in [0.1, 0.15) is 6.54 Å². The molecule has 3 rings (SSSR count). The van der Waals surface area contributed by atoms with Gasteiger partial charge in [0.05, 0.1) is 44.8 Å². The van der Waals surface area contributed by atoms with Crippen LogP contribution >= 0.6 is 0 Å². The fraction of sp³-hybridized carbons (Fsp3) is 0.474. The van der Waals surface area contributed by atoms with E-state index in [-0.39, 0.29) is 11.0 Å². The molecule has 0 spiro atoms. The molecule has 6 heteroatoms. The number of aromatic carboxylic acids is 1. The van der Waals surface area contributed by atoms with Gasteiger partial charge in [-0.3, -0.25) is 4.79 Å². The Kier molecular flexibility index (Phi) is 4.92. The third-order valence-corrected chi connectivity index (χ3v) is 5.54. The Morgan fingerprint density at radius 1 is 1.36 bits per heavy atom. The fourth-order valence-corrected chi connectivity index (χ4v) is 3.82. The lowest BCUT2D eigenvalue weighted by molar-refractivity contribution is -0.948. The van der Waals surface area contributed by atoms with Crippen LogP contribution < -0.4 is 20.3 Å². The second-order valence-electron chi connectivity index (χ2n) is 7.36. The van der Waals surface area contributed by atoms with E-state index in [1.165, 1.54) is 30.1 Å². The van der Waals surface area contributed by atoms with Gasteiger partial charge in [-0.25, -0.2) is 0 Å². The van der Waals surface area contributed by atoms with E-state index in [9.17, 15) is 14.7 Å². The molecule has 1 saturated heterocycles. The Hall–Kier alpha value is -2.18. The number of hydrogen-bond acceptors (Lipinski definition) is 3. The van der Waals surface area contributed by atoms with Crippen molar-refractivity contribution in [3.05, 3.63) is 45.2 Å². The van der Waals surface area contributed by atoms with E-state index >= 15 is 0 Å². The van der Waals surface area contributed by atoms with Crippen molar-refractivity contribution in [2.75, 3.05) is 27.2 Å². The summed E-state index contributed by atoms with van der Waals surface area (Å²) in [6.45, 7) is 4.90. The maximum absolute atomic E-state index is 12.9. The number of aryl methyl sites for hydroxylation is 1. The van der Waals surface area contributed by atoms with Gasteiger partial charge in [0.25, 0.3) is 0 Å². The Labute approximate surface area is 147 Å². The van der Waals surface area contributed by atoms with Crippen LogP contribution in [0.15, 0.2) is 23.0 Å². The van der Waals surface area contributed by atoms with E-state index in [2.05, 4.69) is 19.1 Å². The third-order valence-electron chi connectivity index (χ3n) is 5.54. The van der Waals surface area contributed by atoms with Crippen LogP contribution in [0.5, 0.6) is 0 Å². The number of H-pyrrole nitrogens is 1. The van der Waals surface area contributed by atoms with Crippen molar-refractivity contribution in [3.63, 3.8) is 0 Å². The number of fused-ring (bicyclic) bond motifs is 1. The van der Waals surface area contributed by atoms with Crippen molar-refractivity contribution >= 4 is 16.9 Å². The molecule has 1 atom stereocenters. The lowest BCUT2D eigenvalue weighted by atomic mass is 10.0. The number of rotatable bonds is 4. The molecule has 134 valence electrons. The van der Waals surface area contributed by atoms with E-state index in [0.29, 0.717) is 23.5 Å². The smallest absolute Gasteiger partial charge is 0.198 e. The quantitative estimate of drug-likeness (QED) is 0.594. The van der Waals surface area contributed by atoms with Gasteiger partial charge in [-0.2, -0.15) is 0 Å². The van der Waals surface area contributed by atoms with E-state index in [4.69, 9.17) is 0 Å². The van der Waals surface area contributed by atoms with Crippen LogP contribution in [-0.4, -0.2) is 44.2 Å². The minimum atomic E-state index is -1.26. The number of hydrogen-bond donors (Lipinski definition) is 3. The topological polar surface area (TPSA) is 81.9 Å². The normalized spacial score (nSPS) is 22.0. The summed E-state index contributed by atoms with van der Waals surface area (Å²) in [5.41, 5.74) is 2.22. The number of carbonyl (C=O) groups is 1. The first-order valence-electron chi connectivity index (χ1n) is 8.87. The molecule has 6 nitrogen and oxygen atoms in total. The average Bonchev–Trinajstić information content (AvgIpc) is 2.58. The predicted molar refractivity (Wildman–Crippen MR) is 93.9 cm³/mol. The maximum atomic E-state index is 12.9. The van der Waals surface area contributed by atoms with Gasteiger partial charge in [-0.1, -0.05) is 6.07 Å². The highest BCUT2D eigenvalue weighted by atomic mass is 16.4. The van der Waals surface area contributed by atoms with Crippen LogP contribution in [0.1, 0.15) is 34.5 Å². The lowest BCUT2D eigenvalue weighted by Crippen LogP contribution is -3.17. The molecule has 0 radical (unpaired) electrons. The molecule has 1 aliphatic rings. The zero-order valence-corrected chi connectivity index (χ0v) is 15.1. The summed E-state index contributed by atoms with van der Waals surface area (Å²) in [5, 5.41) is 11.5. The van der Waals surface area contributed by atoms with Crippen LogP contribution in [-0.2, 0) is 6.54 Å². The molecule has 0 bridgehead atoms. The average molecular weight is 344 g/mol. The first kappa shape index (κ1) is 17.6. The highest BCUT2D eigenvalue weighted by molar-refractivity contribution is 5.92. The van der Waals surface area contributed by atoms with E-state index in [1.807, 2.05) is 6.92 Å². The molecule has 2 aromatic rings. The number of benzene rings is 1. The number of quaternary nitrogens is 2. The summed E-state index contributed by atoms with van der Waals surface area (Å²) < 4.78 is 0. The molecule has 1 fully saturated rings. The highest BCUT2D eigenvalue weighted by Gasteiger charge is 2.27. The maximum Gasteiger partial charge on any atom is 0.198 e. The molecular weight excluding hydrogens is 318 g/mol. The van der Waals surface area contributed by atoms with E-state index in [0.717, 1.165) is 24.1 Å². The number of likely N-dealkylation sites (tertiary alicyclic amines) is 1. The number of carboxylic acids is 1. The Morgan fingerprint density at radius 2 is 2.04 bits per heavy atom. The van der Waals surface area contributed by atoms with Crippen LogP contribution in [0.3, 0.4) is 0 Å². The standard InChI is InChI=1S/C19H25N3O3/c1-12-16(11-22(3)14-6-8-21(2)9-7-14)18(23)15-10-13(19(24)25)4-5-17(15)20-12/h4-5,10,14H,6-9,11H2,1-3H3,(H,20,23)(H,24,25)/p+1. The molecule has 0 amide bonds. The number of nitrogens with one attached hydrogen (secondary N) is 3. The van der Waals surface area contributed by atoms with Crippen LogP contribution in [0.2, 0.25) is 0 Å². The second-order valence-corrected chi connectivity index (χ2v) is 7.36. The zero-order chi connectivity index (χ0) is 18.1. The van der Waals surface area contributed by atoms with Gasteiger partial charge < -0.3 is 24.7 Å². The fourth-order valence-electron chi connectivity index (χ4n) is 3.82. The van der Waals surface area contributed by atoms with Crippen LogP contribution in [0.25, 0.3) is 10.9 Å². The van der Waals surface area contributed by atoms with Gasteiger partial charge in [0.15, 0.2) is 5.43 Å². The molecule has 3 N–H and O–H groups in total. The molecule has 1 aliphatic heterocycles. The van der Waals surface area contributed by atoms with Crippen molar-refractivity contribution in [3.8, 4) is 0 Å². The Balaban J connectivity index is 1.92. The largest absolute Gasteiger partial charge is 0.545 e. The molecule has 1 aromatic carbocycles. The molecular formula is C19H26N3O3+. The predicted octanol–water partition coefficient (Wildman–Crippen LogP) is -2.11. The summed E-state index contributed by atoms with van der Waals surface area (Å²) in [5.74, 6) is -1.26. The molecule has 1 unspecified atom stereocenters. The van der Waals surface area contributed by atoms with Gasteiger partial charge in [0.2, 0.25) is 0 Å². The second kappa shape index (κ2) is 6.98. The van der Waals surface area contributed by atoms with Crippen LogP contribution in [0.4, 0.5) is 0 Å². The summed E-state index contributed by atoms with van der Waals surface area (Å²) in [4.78, 5) is 30.2. The van der Waals surface area contributed by atoms with Gasteiger partial charge in [-0.15, -0.1) is 0 Å². The van der Waals surface area contributed by atoms with E-state index < -0.39 is 5.97 Å². The molecule has 25 heavy (non-hydrogen) atoms. The van der Waals surface area contributed by atoms with Crippen LogP contribution in [0, 0.1) is 6.92 Å². The van der Waals surface area contributed by atoms with E-state index in [1.54, 1.807) is 11.0 Å². The van der Waals surface area contributed by atoms with Gasteiger partial charge in [0, 0.05) is 29.4 Å². The van der Waals surface area contributed by atoms with Crippen molar-refractivity contribution in [1.82, 2.24) is 4.98 Å². The number of piperidine rings is 1. The minimum Gasteiger partial charge on any atom is -0.545 e. The molecule has 0 aliphatic carbocycles. The molecule has 2 heterocycles. The third kappa shape index (κ3) is 3.60. The Morgan fingerprint density at radius 3 is 2.68 bits per heavy atom. The summed E-state index contributed by atoms with van der Waals surface area (Å²) in [7, 11) is 4.37. The summed E-state index contributed by atoms with van der Waals surface area (Å²) >= 11 is 0. The number of pyridine rings is 1. The van der Waals surface area contributed by atoms with Crippen molar-refractivity contribution in [2.45, 2.75) is 32.4 Å². The highest BCUT2D eigenvalue weighted by Crippen LogP contribution is 2.13. The zero-order valence-electron chi connectivity index (χ0n) is 15.1. The number of aromatic nitrogens is 1. The number of carboxylic acid groups (broad SMARTS) is 1. The SMILES string of the molecule is Cc1[nH]c2ccc(C(=O)[O-])cc2c(=O)c1C[NH+](C)C1CC[NH+](C)CC1. The first-order valence-corrected chi connectivity index (χ1v) is 8.87. The van der Waals surface area contributed by atoms with Gasteiger partial charge in [-0.05, 0) is 24.6 Å².